The van der Waals surface area contributed by atoms with Crippen molar-refractivity contribution in [2.75, 3.05) is 35.6 Å². The van der Waals surface area contributed by atoms with E-state index in [0.717, 1.165) is 25.3 Å². The molecule has 0 saturated carbocycles. The maximum absolute atomic E-state index is 13.4. The van der Waals surface area contributed by atoms with Crippen LogP contribution in [0.15, 0.2) is 67.0 Å². The second-order valence-corrected chi connectivity index (χ2v) is 8.05. The van der Waals surface area contributed by atoms with Crippen LogP contribution in [0, 0.1) is 5.82 Å². The van der Waals surface area contributed by atoms with Crippen molar-refractivity contribution in [3.63, 3.8) is 0 Å². The molecule has 170 valence electrons. The number of carbonyl (C=O) groups excluding carboxylic acids is 1. The molecule has 3 aromatic rings. The number of rotatable bonds is 8. The largest absolute Gasteiger partial charge is 0.340 e. The Morgan fingerprint density at radius 1 is 1.00 bits per heavy atom. The van der Waals surface area contributed by atoms with E-state index in [1.807, 2.05) is 30.3 Å². The number of aromatic nitrogens is 2. The SMILES string of the molecule is O=C(C=CCN1CCCC1)Nc1cccc(Nc2cc(Nc3ccc(F)c(Cl)c3)ncn2)c1. The average Bonchev–Trinajstić information content (AvgIpc) is 3.30. The summed E-state index contributed by atoms with van der Waals surface area (Å²) in [5.74, 6) is 0.414. The van der Waals surface area contributed by atoms with Gasteiger partial charge in [0.05, 0.1) is 5.02 Å². The molecule has 7 nitrogen and oxygen atoms in total. The first kappa shape index (κ1) is 22.7. The molecule has 2 heterocycles. The van der Waals surface area contributed by atoms with E-state index < -0.39 is 5.82 Å². The minimum Gasteiger partial charge on any atom is -0.340 e. The summed E-state index contributed by atoms with van der Waals surface area (Å²) in [6.45, 7) is 2.98. The van der Waals surface area contributed by atoms with Crippen molar-refractivity contribution < 1.29 is 9.18 Å². The molecule has 2 aromatic carbocycles. The second-order valence-electron chi connectivity index (χ2n) is 7.65. The van der Waals surface area contributed by atoms with E-state index in [1.54, 1.807) is 18.2 Å². The van der Waals surface area contributed by atoms with Crippen LogP contribution >= 0.6 is 11.6 Å². The fourth-order valence-electron chi connectivity index (χ4n) is 3.50. The summed E-state index contributed by atoms with van der Waals surface area (Å²) in [4.78, 5) is 22.9. The molecule has 9 heteroatoms. The van der Waals surface area contributed by atoms with Crippen LogP contribution in [0.4, 0.5) is 33.1 Å². The lowest BCUT2D eigenvalue weighted by molar-refractivity contribution is -0.111. The van der Waals surface area contributed by atoms with Crippen LogP contribution in [0.3, 0.4) is 0 Å². The van der Waals surface area contributed by atoms with E-state index in [9.17, 15) is 9.18 Å². The van der Waals surface area contributed by atoms with Crippen LogP contribution in [0.5, 0.6) is 0 Å². The monoisotopic (exact) mass is 466 g/mol. The Balaban J connectivity index is 1.35. The van der Waals surface area contributed by atoms with Gasteiger partial charge in [-0.25, -0.2) is 14.4 Å². The van der Waals surface area contributed by atoms with Gasteiger partial charge >= 0.3 is 0 Å². The van der Waals surface area contributed by atoms with Crippen molar-refractivity contribution in [3.8, 4) is 0 Å². The molecule has 0 unspecified atom stereocenters. The topological polar surface area (TPSA) is 82.2 Å². The highest BCUT2D eigenvalue weighted by atomic mass is 35.5. The highest BCUT2D eigenvalue weighted by Crippen LogP contribution is 2.24. The summed E-state index contributed by atoms with van der Waals surface area (Å²) < 4.78 is 13.4. The third kappa shape index (κ3) is 6.74. The van der Waals surface area contributed by atoms with Gasteiger partial charge in [0.2, 0.25) is 5.91 Å². The van der Waals surface area contributed by atoms with Crippen LogP contribution in [0.1, 0.15) is 12.8 Å². The number of hydrogen-bond donors (Lipinski definition) is 3. The summed E-state index contributed by atoms with van der Waals surface area (Å²) in [5, 5.41) is 9.16. The number of nitrogens with zero attached hydrogens (tertiary/aromatic N) is 3. The van der Waals surface area contributed by atoms with Gasteiger partial charge in [0.1, 0.15) is 23.8 Å². The van der Waals surface area contributed by atoms with Gasteiger partial charge in [-0.1, -0.05) is 23.7 Å². The van der Waals surface area contributed by atoms with Gasteiger partial charge in [0.15, 0.2) is 0 Å². The zero-order chi connectivity index (χ0) is 23.0. The minimum absolute atomic E-state index is 0.0251. The standard InChI is InChI=1S/C24H24ClFN6O/c25-20-14-19(8-9-21(20)26)30-23-15-22(27-16-28-23)29-17-5-3-6-18(13-17)31-24(33)7-4-12-32-10-1-2-11-32/h3-9,13-16H,1-2,10-12H2,(H,31,33)(H2,27,28,29,30). The van der Waals surface area contributed by atoms with Gasteiger partial charge in [-0.2, -0.15) is 0 Å². The van der Waals surface area contributed by atoms with Crippen molar-refractivity contribution in [2.24, 2.45) is 0 Å². The summed E-state index contributed by atoms with van der Waals surface area (Å²) in [6, 6.07) is 13.4. The molecule has 0 atom stereocenters. The van der Waals surface area contributed by atoms with Crippen LogP contribution in [0.2, 0.25) is 5.02 Å². The first-order valence-electron chi connectivity index (χ1n) is 10.7. The Kier molecular flexibility index (Phi) is 7.49. The summed E-state index contributed by atoms with van der Waals surface area (Å²) in [7, 11) is 0. The van der Waals surface area contributed by atoms with E-state index in [-0.39, 0.29) is 10.9 Å². The highest BCUT2D eigenvalue weighted by Gasteiger charge is 2.09. The van der Waals surface area contributed by atoms with Gasteiger partial charge in [-0.15, -0.1) is 0 Å². The van der Waals surface area contributed by atoms with E-state index in [4.69, 9.17) is 11.6 Å². The zero-order valence-electron chi connectivity index (χ0n) is 17.9. The van der Waals surface area contributed by atoms with Crippen molar-refractivity contribution in [2.45, 2.75) is 12.8 Å². The molecule has 1 amide bonds. The molecule has 0 bridgehead atoms. The summed E-state index contributed by atoms with van der Waals surface area (Å²) >= 11 is 5.83. The van der Waals surface area contributed by atoms with E-state index >= 15 is 0 Å². The fourth-order valence-corrected chi connectivity index (χ4v) is 3.68. The molecule has 1 aliphatic rings. The van der Waals surface area contributed by atoms with Crippen molar-refractivity contribution in [1.82, 2.24) is 14.9 Å². The number of nitrogens with one attached hydrogen (secondary N) is 3. The van der Waals surface area contributed by atoms with Crippen LogP contribution in [-0.2, 0) is 4.79 Å². The summed E-state index contributed by atoms with van der Waals surface area (Å²) in [6.07, 6.45) is 7.33. The fraction of sp³-hybridized carbons (Fsp3) is 0.208. The smallest absolute Gasteiger partial charge is 0.248 e. The number of anilines is 5. The average molecular weight is 467 g/mol. The molecule has 1 saturated heterocycles. The Bertz CT molecular complexity index is 1150. The Morgan fingerprint density at radius 2 is 1.70 bits per heavy atom. The van der Waals surface area contributed by atoms with Crippen molar-refractivity contribution in [3.05, 3.63) is 77.9 Å². The second kappa shape index (κ2) is 10.9. The Labute approximate surface area is 196 Å². The number of benzene rings is 2. The molecule has 1 fully saturated rings. The van der Waals surface area contributed by atoms with E-state index in [0.29, 0.717) is 23.0 Å². The first-order valence-corrected chi connectivity index (χ1v) is 11.0. The molecule has 33 heavy (non-hydrogen) atoms. The first-order chi connectivity index (χ1) is 16.0. The van der Waals surface area contributed by atoms with Gasteiger partial charge in [0, 0.05) is 35.7 Å². The Morgan fingerprint density at radius 3 is 2.42 bits per heavy atom. The van der Waals surface area contributed by atoms with Gasteiger partial charge in [-0.3, -0.25) is 9.69 Å². The van der Waals surface area contributed by atoms with Crippen LogP contribution < -0.4 is 16.0 Å². The third-order valence-corrected chi connectivity index (χ3v) is 5.38. The maximum Gasteiger partial charge on any atom is 0.248 e. The number of amides is 1. The highest BCUT2D eigenvalue weighted by molar-refractivity contribution is 6.31. The van der Waals surface area contributed by atoms with Crippen molar-refractivity contribution in [1.29, 1.82) is 0 Å². The third-order valence-electron chi connectivity index (χ3n) is 5.09. The van der Waals surface area contributed by atoms with Gasteiger partial charge in [-0.05, 0) is 62.3 Å². The predicted octanol–water partition coefficient (Wildman–Crippen LogP) is 5.35. The number of carbonyl (C=O) groups is 1. The molecule has 1 aliphatic heterocycles. The minimum atomic E-state index is -0.485. The zero-order valence-corrected chi connectivity index (χ0v) is 18.6. The normalized spacial score (nSPS) is 13.9. The lowest BCUT2D eigenvalue weighted by atomic mass is 10.2. The Hall–Kier alpha value is -3.49. The molecular formula is C24H24ClFN6O. The lowest BCUT2D eigenvalue weighted by Crippen LogP contribution is -2.19. The van der Waals surface area contributed by atoms with Crippen LogP contribution in [-0.4, -0.2) is 40.4 Å². The van der Waals surface area contributed by atoms with E-state index in [1.165, 1.54) is 31.3 Å². The quantitative estimate of drug-likeness (QED) is 0.388. The lowest BCUT2D eigenvalue weighted by Gasteiger charge is -2.11. The van der Waals surface area contributed by atoms with Gasteiger partial charge in [0.25, 0.3) is 0 Å². The molecule has 0 radical (unpaired) electrons. The molecular weight excluding hydrogens is 443 g/mol. The summed E-state index contributed by atoms with van der Waals surface area (Å²) in [5.41, 5.74) is 2.03. The number of likely N-dealkylation sites (tertiary alicyclic amines) is 1. The number of halogens is 2. The van der Waals surface area contributed by atoms with E-state index in [2.05, 4.69) is 30.8 Å². The molecule has 0 spiro atoms. The van der Waals surface area contributed by atoms with Crippen molar-refractivity contribution >= 4 is 46.2 Å². The molecule has 1 aromatic heterocycles. The molecule has 3 N–H and O–H groups in total. The maximum atomic E-state index is 13.4. The molecule has 0 aliphatic carbocycles. The predicted molar refractivity (Wildman–Crippen MR) is 130 cm³/mol. The number of hydrogen-bond acceptors (Lipinski definition) is 6. The van der Waals surface area contributed by atoms with Gasteiger partial charge < -0.3 is 16.0 Å². The molecule has 4 rings (SSSR count). The van der Waals surface area contributed by atoms with Crippen LogP contribution in [0.25, 0.3) is 0 Å².